The predicted molar refractivity (Wildman–Crippen MR) is 51.9 cm³/mol. The molecule has 1 aromatic carbocycles. The van der Waals surface area contributed by atoms with Crippen LogP contribution in [0.4, 0.5) is 8.78 Å². The van der Waals surface area contributed by atoms with E-state index in [2.05, 4.69) is 0 Å². The average Bonchev–Trinajstić information content (AvgIpc) is 2.09. The smallest absolute Gasteiger partial charge is 0.264 e. The van der Waals surface area contributed by atoms with Gasteiger partial charge in [-0.2, -0.15) is 0 Å². The highest BCUT2D eigenvalue weighted by Gasteiger charge is 2.18. The second-order valence-corrected chi connectivity index (χ2v) is 3.61. The Bertz CT molecular complexity index is 315. The maximum atomic E-state index is 12.0. The van der Waals surface area contributed by atoms with Gasteiger partial charge < -0.3 is 5.11 Å². The van der Waals surface area contributed by atoms with E-state index in [1.165, 1.54) is 0 Å². The van der Waals surface area contributed by atoms with Crippen LogP contribution in [0.2, 0.25) is 5.02 Å². The maximum Gasteiger partial charge on any atom is 0.264 e. The Balaban J connectivity index is 2.77. The lowest BCUT2D eigenvalue weighted by molar-refractivity contribution is -0.00364. The van der Waals surface area contributed by atoms with Crippen molar-refractivity contribution in [1.29, 1.82) is 0 Å². The lowest BCUT2D eigenvalue weighted by Crippen LogP contribution is -2.20. The first-order valence-electron chi connectivity index (χ1n) is 4.22. The molecule has 1 atom stereocenters. The van der Waals surface area contributed by atoms with E-state index in [-0.39, 0.29) is 6.42 Å². The zero-order valence-corrected chi connectivity index (χ0v) is 8.43. The van der Waals surface area contributed by atoms with Gasteiger partial charge in [0.1, 0.15) is 6.10 Å². The summed E-state index contributed by atoms with van der Waals surface area (Å²) in [5, 5.41) is 9.39. The van der Waals surface area contributed by atoms with E-state index in [1.54, 1.807) is 18.2 Å². The van der Waals surface area contributed by atoms with Crippen molar-refractivity contribution < 1.29 is 13.9 Å². The van der Waals surface area contributed by atoms with Crippen LogP contribution in [0.1, 0.15) is 11.1 Å². The molecule has 4 heteroatoms. The number of rotatable bonds is 3. The van der Waals surface area contributed by atoms with Crippen LogP contribution in [-0.4, -0.2) is 17.6 Å². The highest BCUT2D eigenvalue weighted by molar-refractivity contribution is 6.31. The zero-order chi connectivity index (χ0) is 10.7. The summed E-state index contributed by atoms with van der Waals surface area (Å²) in [6.45, 7) is 1.86. The monoisotopic (exact) mass is 220 g/mol. The molecule has 0 saturated carbocycles. The Hall–Kier alpha value is -0.670. The number of halogens is 3. The third-order valence-electron chi connectivity index (χ3n) is 1.93. The van der Waals surface area contributed by atoms with Crippen molar-refractivity contribution >= 4 is 11.6 Å². The van der Waals surface area contributed by atoms with Gasteiger partial charge in [-0.05, 0) is 24.1 Å². The minimum Gasteiger partial charge on any atom is -0.387 e. The van der Waals surface area contributed by atoms with Crippen LogP contribution in [0.25, 0.3) is 0 Å². The van der Waals surface area contributed by atoms with Crippen LogP contribution < -0.4 is 0 Å². The number of aryl methyl sites for hydroxylation is 1. The maximum absolute atomic E-state index is 12.0. The van der Waals surface area contributed by atoms with Gasteiger partial charge in [-0.25, -0.2) is 8.78 Å². The van der Waals surface area contributed by atoms with Gasteiger partial charge in [-0.3, -0.25) is 0 Å². The molecule has 0 aliphatic heterocycles. The molecule has 0 spiro atoms. The molecule has 0 aliphatic carbocycles. The number of alkyl halides is 2. The number of benzene rings is 1. The minimum absolute atomic E-state index is 0.114. The van der Waals surface area contributed by atoms with Crippen molar-refractivity contribution in [2.45, 2.75) is 25.9 Å². The van der Waals surface area contributed by atoms with Crippen molar-refractivity contribution in [3.8, 4) is 0 Å². The van der Waals surface area contributed by atoms with Gasteiger partial charge in [0.25, 0.3) is 6.43 Å². The largest absolute Gasteiger partial charge is 0.387 e. The highest BCUT2D eigenvalue weighted by atomic mass is 35.5. The zero-order valence-electron chi connectivity index (χ0n) is 7.67. The summed E-state index contributed by atoms with van der Waals surface area (Å²) in [6, 6.07) is 5.12. The van der Waals surface area contributed by atoms with Crippen molar-refractivity contribution in [2.24, 2.45) is 0 Å². The lowest BCUT2D eigenvalue weighted by atomic mass is 10.1. The number of aliphatic hydroxyl groups excluding tert-OH is 1. The summed E-state index contributed by atoms with van der Waals surface area (Å²) in [5.41, 5.74) is 1.51. The summed E-state index contributed by atoms with van der Waals surface area (Å²) in [6.07, 6.45) is -4.49. The highest BCUT2D eigenvalue weighted by Crippen LogP contribution is 2.20. The molecular weight excluding hydrogens is 210 g/mol. The number of hydrogen-bond acceptors (Lipinski definition) is 1. The summed E-state index contributed by atoms with van der Waals surface area (Å²) in [4.78, 5) is 0. The fraction of sp³-hybridized carbons (Fsp3) is 0.400. The van der Waals surface area contributed by atoms with Crippen molar-refractivity contribution in [3.63, 3.8) is 0 Å². The second kappa shape index (κ2) is 4.71. The van der Waals surface area contributed by atoms with Gasteiger partial charge in [-0.1, -0.05) is 23.7 Å². The number of hydrogen-bond donors (Lipinski definition) is 1. The van der Waals surface area contributed by atoms with E-state index < -0.39 is 12.5 Å². The minimum atomic E-state index is -2.73. The molecule has 0 aliphatic rings. The molecule has 1 aromatic rings. The van der Waals surface area contributed by atoms with Crippen molar-refractivity contribution in [3.05, 3.63) is 34.3 Å². The van der Waals surface area contributed by atoms with Gasteiger partial charge in [0, 0.05) is 11.4 Å². The molecule has 0 fully saturated rings. The third-order valence-corrected chi connectivity index (χ3v) is 2.28. The summed E-state index contributed by atoms with van der Waals surface area (Å²) >= 11 is 5.82. The second-order valence-electron chi connectivity index (χ2n) is 3.20. The Morgan fingerprint density at radius 3 is 2.57 bits per heavy atom. The quantitative estimate of drug-likeness (QED) is 0.831. The molecule has 0 aromatic heterocycles. The van der Waals surface area contributed by atoms with Crippen LogP contribution in [0.5, 0.6) is 0 Å². The van der Waals surface area contributed by atoms with Crippen molar-refractivity contribution in [1.82, 2.24) is 0 Å². The molecule has 1 rings (SSSR count). The molecule has 1 unspecified atom stereocenters. The molecule has 1 N–H and O–H groups in total. The SMILES string of the molecule is Cc1ccc(CC(O)C(F)F)c(Cl)c1. The fourth-order valence-corrected chi connectivity index (χ4v) is 1.44. The molecular formula is C10H11ClF2O. The summed E-state index contributed by atoms with van der Waals surface area (Å²) < 4.78 is 24.1. The van der Waals surface area contributed by atoms with Crippen LogP contribution in [0, 0.1) is 6.92 Å². The third kappa shape index (κ3) is 2.93. The van der Waals surface area contributed by atoms with E-state index in [0.29, 0.717) is 10.6 Å². The van der Waals surface area contributed by atoms with Crippen LogP contribution in [-0.2, 0) is 6.42 Å². The number of aliphatic hydroxyl groups is 1. The Labute approximate surface area is 86.3 Å². The first kappa shape index (κ1) is 11.4. The van der Waals surface area contributed by atoms with Gasteiger partial charge in [0.15, 0.2) is 0 Å². The molecule has 0 radical (unpaired) electrons. The summed E-state index contributed by atoms with van der Waals surface area (Å²) in [5.74, 6) is 0. The van der Waals surface area contributed by atoms with Crippen LogP contribution >= 0.6 is 11.6 Å². The van der Waals surface area contributed by atoms with E-state index in [4.69, 9.17) is 16.7 Å². The first-order chi connectivity index (χ1) is 6.50. The van der Waals surface area contributed by atoms with Crippen molar-refractivity contribution in [2.75, 3.05) is 0 Å². The molecule has 0 heterocycles. The van der Waals surface area contributed by atoms with E-state index in [9.17, 15) is 8.78 Å². The molecule has 78 valence electrons. The van der Waals surface area contributed by atoms with Crippen LogP contribution in [0.3, 0.4) is 0 Å². The fourth-order valence-electron chi connectivity index (χ4n) is 1.13. The van der Waals surface area contributed by atoms with E-state index >= 15 is 0 Å². The van der Waals surface area contributed by atoms with E-state index in [1.807, 2.05) is 6.92 Å². The normalized spacial score (nSPS) is 13.3. The Kier molecular flexibility index (Phi) is 3.84. The van der Waals surface area contributed by atoms with E-state index in [0.717, 1.165) is 5.56 Å². The lowest BCUT2D eigenvalue weighted by Gasteiger charge is -2.10. The molecule has 0 bridgehead atoms. The average molecular weight is 221 g/mol. The Morgan fingerprint density at radius 2 is 2.07 bits per heavy atom. The molecule has 14 heavy (non-hydrogen) atoms. The van der Waals surface area contributed by atoms with Gasteiger partial charge in [0.05, 0.1) is 0 Å². The predicted octanol–water partition coefficient (Wildman–Crippen LogP) is 2.82. The summed E-state index contributed by atoms with van der Waals surface area (Å²) in [7, 11) is 0. The van der Waals surface area contributed by atoms with Gasteiger partial charge in [-0.15, -0.1) is 0 Å². The Morgan fingerprint density at radius 1 is 1.43 bits per heavy atom. The van der Waals surface area contributed by atoms with Gasteiger partial charge >= 0.3 is 0 Å². The molecule has 1 nitrogen and oxygen atoms in total. The topological polar surface area (TPSA) is 20.2 Å². The van der Waals surface area contributed by atoms with Gasteiger partial charge in [0.2, 0.25) is 0 Å². The molecule has 0 saturated heterocycles. The standard InChI is InChI=1S/C10H11ClF2O/c1-6-2-3-7(8(11)4-6)5-9(14)10(12)13/h2-4,9-10,14H,5H2,1H3. The first-order valence-corrected chi connectivity index (χ1v) is 4.59. The van der Waals surface area contributed by atoms with Crippen LogP contribution in [0.15, 0.2) is 18.2 Å². The molecule has 0 amide bonds.